The Morgan fingerprint density at radius 2 is 2.26 bits per heavy atom. The average molecular weight is 288 g/mol. The Kier molecular flexibility index (Phi) is 6.31. The fourth-order valence-electron chi connectivity index (χ4n) is 2.19. The van der Waals surface area contributed by atoms with E-state index in [1.54, 1.807) is 6.08 Å². The van der Waals surface area contributed by atoms with Gasteiger partial charge in [0.2, 0.25) is 11.8 Å². The minimum atomic E-state index is -0.359. The van der Waals surface area contributed by atoms with Gasteiger partial charge in [-0.25, -0.2) is 0 Å². The highest BCUT2D eigenvalue weighted by Gasteiger charge is 2.33. The number of amides is 2. The summed E-state index contributed by atoms with van der Waals surface area (Å²) in [6.45, 7) is 6.40. The van der Waals surface area contributed by atoms with Crippen LogP contribution in [0.5, 0.6) is 0 Å². The zero-order chi connectivity index (χ0) is 13.0. The minimum Gasteiger partial charge on any atom is -0.353 e. The highest BCUT2D eigenvalue weighted by atomic mass is 35.5. The van der Waals surface area contributed by atoms with Crippen LogP contribution in [0, 0.1) is 5.92 Å². The van der Waals surface area contributed by atoms with Crippen molar-refractivity contribution in [2.45, 2.75) is 25.3 Å². The molecule has 19 heavy (non-hydrogen) atoms. The SMILES string of the molecule is C=CCNC(=O)CC1NCCN(CC2CC2)C1=O.Cl. The van der Waals surface area contributed by atoms with E-state index in [4.69, 9.17) is 0 Å². The maximum Gasteiger partial charge on any atom is 0.240 e. The molecular weight excluding hydrogens is 266 g/mol. The number of hydrogen-bond acceptors (Lipinski definition) is 3. The van der Waals surface area contributed by atoms with Gasteiger partial charge in [-0.15, -0.1) is 19.0 Å². The second kappa shape index (κ2) is 7.50. The molecule has 1 aliphatic heterocycles. The molecule has 1 aliphatic carbocycles. The summed E-state index contributed by atoms with van der Waals surface area (Å²) in [7, 11) is 0. The summed E-state index contributed by atoms with van der Waals surface area (Å²) >= 11 is 0. The first-order valence-corrected chi connectivity index (χ1v) is 6.60. The number of carbonyl (C=O) groups is 2. The van der Waals surface area contributed by atoms with Crippen LogP contribution in [0.15, 0.2) is 12.7 Å². The van der Waals surface area contributed by atoms with Crippen molar-refractivity contribution in [1.29, 1.82) is 0 Å². The zero-order valence-corrected chi connectivity index (χ0v) is 11.9. The molecule has 0 aromatic carbocycles. The van der Waals surface area contributed by atoms with Gasteiger partial charge in [0.15, 0.2) is 0 Å². The molecule has 2 amide bonds. The normalized spacial score (nSPS) is 22.6. The van der Waals surface area contributed by atoms with Crippen LogP contribution in [0.2, 0.25) is 0 Å². The fraction of sp³-hybridized carbons (Fsp3) is 0.692. The van der Waals surface area contributed by atoms with Crippen molar-refractivity contribution >= 4 is 24.2 Å². The van der Waals surface area contributed by atoms with E-state index >= 15 is 0 Å². The van der Waals surface area contributed by atoms with Crippen LogP contribution in [0.25, 0.3) is 0 Å². The van der Waals surface area contributed by atoms with E-state index < -0.39 is 0 Å². The molecule has 0 spiro atoms. The van der Waals surface area contributed by atoms with E-state index in [0.717, 1.165) is 19.6 Å². The molecule has 1 saturated carbocycles. The Labute approximate surface area is 120 Å². The first-order chi connectivity index (χ1) is 8.70. The highest BCUT2D eigenvalue weighted by molar-refractivity contribution is 5.89. The maximum atomic E-state index is 12.2. The summed E-state index contributed by atoms with van der Waals surface area (Å²) < 4.78 is 0. The van der Waals surface area contributed by atoms with Gasteiger partial charge in [0.05, 0.1) is 12.5 Å². The van der Waals surface area contributed by atoms with E-state index in [2.05, 4.69) is 17.2 Å². The summed E-state index contributed by atoms with van der Waals surface area (Å²) in [6.07, 6.45) is 4.32. The number of nitrogens with zero attached hydrogens (tertiary/aromatic N) is 1. The third-order valence-electron chi connectivity index (χ3n) is 3.39. The molecule has 1 heterocycles. The molecule has 2 fully saturated rings. The number of hydrogen-bond donors (Lipinski definition) is 2. The first-order valence-electron chi connectivity index (χ1n) is 6.60. The zero-order valence-electron chi connectivity index (χ0n) is 11.1. The largest absolute Gasteiger partial charge is 0.353 e. The van der Waals surface area contributed by atoms with Crippen molar-refractivity contribution in [1.82, 2.24) is 15.5 Å². The van der Waals surface area contributed by atoms with E-state index in [0.29, 0.717) is 12.5 Å². The summed E-state index contributed by atoms with van der Waals surface area (Å²) in [6, 6.07) is -0.359. The second-order valence-electron chi connectivity index (χ2n) is 5.03. The maximum absolute atomic E-state index is 12.2. The standard InChI is InChI=1S/C13H21N3O2.ClH/c1-2-5-15-12(17)8-11-13(18)16(7-6-14-11)9-10-3-4-10;/h2,10-11,14H,1,3-9H2,(H,15,17);1H. The number of halogens is 1. The van der Waals surface area contributed by atoms with E-state index in [1.165, 1.54) is 12.8 Å². The Morgan fingerprint density at radius 1 is 1.53 bits per heavy atom. The third-order valence-corrected chi connectivity index (χ3v) is 3.39. The van der Waals surface area contributed by atoms with Crippen LogP contribution >= 0.6 is 12.4 Å². The topological polar surface area (TPSA) is 61.4 Å². The average Bonchev–Trinajstić information content (AvgIpc) is 3.16. The second-order valence-corrected chi connectivity index (χ2v) is 5.03. The van der Waals surface area contributed by atoms with Gasteiger partial charge in [-0.2, -0.15) is 0 Å². The van der Waals surface area contributed by atoms with Crippen LogP contribution < -0.4 is 10.6 Å². The van der Waals surface area contributed by atoms with Crippen molar-refractivity contribution in [2.75, 3.05) is 26.2 Å². The lowest BCUT2D eigenvalue weighted by atomic mass is 10.1. The molecular formula is C13H22ClN3O2. The molecule has 1 atom stereocenters. The van der Waals surface area contributed by atoms with Crippen molar-refractivity contribution in [2.24, 2.45) is 5.92 Å². The van der Waals surface area contributed by atoms with Gasteiger partial charge in [0, 0.05) is 26.2 Å². The van der Waals surface area contributed by atoms with Crippen LogP contribution in [0.1, 0.15) is 19.3 Å². The van der Waals surface area contributed by atoms with Crippen molar-refractivity contribution < 1.29 is 9.59 Å². The molecule has 2 N–H and O–H groups in total. The molecule has 0 aromatic heterocycles. The number of rotatable bonds is 6. The third kappa shape index (κ3) is 4.84. The van der Waals surface area contributed by atoms with Gasteiger partial charge >= 0.3 is 0 Å². The molecule has 0 radical (unpaired) electrons. The van der Waals surface area contributed by atoms with Crippen molar-refractivity contribution in [3.63, 3.8) is 0 Å². The predicted octanol–water partition coefficient (Wildman–Crippen LogP) is 0.311. The van der Waals surface area contributed by atoms with Gasteiger partial charge in [0.25, 0.3) is 0 Å². The van der Waals surface area contributed by atoms with Gasteiger partial charge in [0.1, 0.15) is 0 Å². The smallest absolute Gasteiger partial charge is 0.240 e. The number of carbonyl (C=O) groups excluding carboxylic acids is 2. The first kappa shape index (κ1) is 16.0. The van der Waals surface area contributed by atoms with Crippen molar-refractivity contribution in [3.05, 3.63) is 12.7 Å². The Morgan fingerprint density at radius 3 is 2.89 bits per heavy atom. The summed E-state index contributed by atoms with van der Waals surface area (Å²) in [5, 5.41) is 5.82. The number of nitrogens with one attached hydrogen (secondary N) is 2. The van der Waals surface area contributed by atoms with Gasteiger partial charge in [-0.05, 0) is 18.8 Å². The van der Waals surface area contributed by atoms with Gasteiger partial charge < -0.3 is 15.5 Å². The number of piperazine rings is 1. The fourth-order valence-corrected chi connectivity index (χ4v) is 2.19. The molecule has 0 bridgehead atoms. The summed E-state index contributed by atoms with van der Waals surface area (Å²) in [4.78, 5) is 25.7. The lowest BCUT2D eigenvalue weighted by Crippen LogP contribution is -2.56. The molecule has 5 nitrogen and oxygen atoms in total. The van der Waals surface area contributed by atoms with Crippen LogP contribution in [-0.4, -0.2) is 48.9 Å². The van der Waals surface area contributed by atoms with Crippen LogP contribution in [-0.2, 0) is 9.59 Å². The van der Waals surface area contributed by atoms with Crippen molar-refractivity contribution in [3.8, 4) is 0 Å². The quantitative estimate of drug-likeness (QED) is 0.691. The van der Waals surface area contributed by atoms with E-state index in [-0.39, 0.29) is 36.7 Å². The van der Waals surface area contributed by atoms with Gasteiger partial charge in [-0.1, -0.05) is 6.08 Å². The summed E-state index contributed by atoms with van der Waals surface area (Å²) in [5.41, 5.74) is 0. The summed E-state index contributed by atoms with van der Waals surface area (Å²) in [5.74, 6) is 0.665. The Balaban J connectivity index is 0.00000180. The monoisotopic (exact) mass is 287 g/mol. The molecule has 108 valence electrons. The molecule has 1 unspecified atom stereocenters. The minimum absolute atomic E-state index is 0. The molecule has 2 aliphatic rings. The lowest BCUT2D eigenvalue weighted by Gasteiger charge is -2.33. The molecule has 2 rings (SSSR count). The molecule has 1 saturated heterocycles. The van der Waals surface area contributed by atoms with Crippen LogP contribution in [0.3, 0.4) is 0 Å². The highest BCUT2D eigenvalue weighted by Crippen LogP contribution is 2.30. The van der Waals surface area contributed by atoms with E-state index in [9.17, 15) is 9.59 Å². The predicted molar refractivity (Wildman–Crippen MR) is 76.2 cm³/mol. The Hall–Kier alpha value is -1.07. The van der Waals surface area contributed by atoms with Crippen LogP contribution in [0.4, 0.5) is 0 Å². The molecule has 6 heteroatoms. The van der Waals surface area contributed by atoms with E-state index in [1.807, 2.05) is 4.90 Å². The Bertz CT molecular complexity index is 345. The molecule has 0 aromatic rings. The van der Waals surface area contributed by atoms with Gasteiger partial charge in [-0.3, -0.25) is 9.59 Å². The lowest BCUT2D eigenvalue weighted by molar-refractivity contribution is -0.138.